The van der Waals surface area contributed by atoms with Crippen LogP contribution in [0.25, 0.3) is 0 Å². The minimum absolute atomic E-state index is 0.151. The van der Waals surface area contributed by atoms with Gasteiger partial charge in [-0.25, -0.2) is 9.59 Å². The summed E-state index contributed by atoms with van der Waals surface area (Å²) in [6.45, 7) is 3.59. The van der Waals surface area contributed by atoms with Gasteiger partial charge in [-0.3, -0.25) is 0 Å². The molecule has 1 rings (SSSR count). The summed E-state index contributed by atoms with van der Waals surface area (Å²) in [5.74, 6) is -1.53. The van der Waals surface area contributed by atoms with Crippen LogP contribution >= 0.6 is 23.2 Å². The van der Waals surface area contributed by atoms with Crippen molar-refractivity contribution in [2.24, 2.45) is 0 Å². The average molecular weight is 332 g/mol. The molecule has 0 aliphatic rings. The maximum absolute atomic E-state index is 11.7. The molecule has 0 fully saturated rings. The van der Waals surface area contributed by atoms with Crippen molar-refractivity contribution in [2.45, 2.75) is 13.8 Å². The number of carbonyl (C=O) groups excluding carboxylic acids is 2. The van der Waals surface area contributed by atoms with Crippen LogP contribution < -0.4 is 5.32 Å². The molecule has 0 bridgehead atoms. The van der Waals surface area contributed by atoms with Crippen molar-refractivity contribution in [1.82, 2.24) is 0 Å². The molecule has 114 valence electrons. The van der Waals surface area contributed by atoms with Crippen LogP contribution in [0, 0.1) is 0 Å². The van der Waals surface area contributed by atoms with Crippen molar-refractivity contribution in [3.63, 3.8) is 0 Å². The van der Waals surface area contributed by atoms with Gasteiger partial charge in [0.15, 0.2) is 5.57 Å². The molecule has 21 heavy (non-hydrogen) atoms. The third kappa shape index (κ3) is 5.65. The van der Waals surface area contributed by atoms with Crippen LogP contribution in [0.2, 0.25) is 10.0 Å². The van der Waals surface area contributed by atoms with Crippen molar-refractivity contribution >= 4 is 40.8 Å². The maximum atomic E-state index is 11.7. The fraction of sp³-hybridized carbons (Fsp3) is 0.286. The molecule has 0 amide bonds. The number of rotatable bonds is 6. The number of carbonyl (C=O) groups is 2. The van der Waals surface area contributed by atoms with Gasteiger partial charge in [-0.05, 0) is 32.0 Å². The van der Waals surface area contributed by atoms with E-state index in [1.54, 1.807) is 32.0 Å². The largest absolute Gasteiger partial charge is 0.462 e. The molecule has 7 heteroatoms. The highest BCUT2D eigenvalue weighted by Crippen LogP contribution is 2.22. The highest BCUT2D eigenvalue weighted by molar-refractivity contribution is 6.35. The monoisotopic (exact) mass is 331 g/mol. The molecular weight excluding hydrogens is 317 g/mol. The molecular formula is C14H15Cl2NO4. The number of hydrogen-bond acceptors (Lipinski definition) is 5. The SMILES string of the molecule is CCOC(=O)C(=CNc1cc(Cl)cc(Cl)c1)C(=O)OCC. The Hall–Kier alpha value is -1.72. The molecule has 0 radical (unpaired) electrons. The maximum Gasteiger partial charge on any atom is 0.347 e. The van der Waals surface area contributed by atoms with Crippen LogP contribution in [0.5, 0.6) is 0 Å². The van der Waals surface area contributed by atoms with Gasteiger partial charge in [-0.1, -0.05) is 23.2 Å². The van der Waals surface area contributed by atoms with E-state index in [1.807, 2.05) is 0 Å². The summed E-state index contributed by atoms with van der Waals surface area (Å²) in [5, 5.41) is 3.62. The minimum atomic E-state index is -0.767. The second kappa shape index (κ2) is 8.54. The van der Waals surface area contributed by atoms with Crippen LogP contribution in [-0.4, -0.2) is 25.2 Å². The first-order valence-electron chi connectivity index (χ1n) is 6.25. The lowest BCUT2D eigenvalue weighted by atomic mass is 10.2. The quantitative estimate of drug-likeness (QED) is 0.374. The second-order valence-electron chi connectivity index (χ2n) is 3.80. The fourth-order valence-electron chi connectivity index (χ4n) is 1.41. The fourth-order valence-corrected chi connectivity index (χ4v) is 1.94. The zero-order valence-electron chi connectivity index (χ0n) is 11.6. The van der Waals surface area contributed by atoms with Crippen LogP contribution in [0.3, 0.4) is 0 Å². The summed E-state index contributed by atoms with van der Waals surface area (Å²) in [7, 11) is 0. The summed E-state index contributed by atoms with van der Waals surface area (Å²) in [4.78, 5) is 23.5. The lowest BCUT2D eigenvalue weighted by Gasteiger charge is -2.08. The van der Waals surface area contributed by atoms with Gasteiger partial charge in [0.05, 0.1) is 13.2 Å². The van der Waals surface area contributed by atoms with Crippen molar-refractivity contribution in [3.05, 3.63) is 40.0 Å². The Kier molecular flexibility index (Phi) is 7.05. The molecule has 0 heterocycles. The standard InChI is InChI=1S/C14H15Cl2NO4/c1-3-20-13(18)12(14(19)21-4-2)8-17-11-6-9(15)5-10(16)7-11/h5-8,17H,3-4H2,1-2H3. The summed E-state index contributed by atoms with van der Waals surface area (Å²) in [5.41, 5.74) is 0.286. The van der Waals surface area contributed by atoms with E-state index in [0.717, 1.165) is 0 Å². The number of esters is 2. The first kappa shape index (κ1) is 17.3. The zero-order chi connectivity index (χ0) is 15.8. The zero-order valence-corrected chi connectivity index (χ0v) is 13.1. The topological polar surface area (TPSA) is 64.6 Å². The van der Waals surface area contributed by atoms with E-state index in [0.29, 0.717) is 15.7 Å². The van der Waals surface area contributed by atoms with Gasteiger partial charge >= 0.3 is 11.9 Å². The predicted molar refractivity (Wildman–Crippen MR) is 81.4 cm³/mol. The van der Waals surface area contributed by atoms with E-state index in [2.05, 4.69) is 5.32 Å². The van der Waals surface area contributed by atoms with Crippen LogP contribution in [0.1, 0.15) is 13.8 Å². The summed E-state index contributed by atoms with van der Waals surface area (Å²) in [6, 6.07) is 4.76. The van der Waals surface area contributed by atoms with Gasteiger partial charge in [0.2, 0.25) is 0 Å². The Bertz CT molecular complexity index is 518. The van der Waals surface area contributed by atoms with Gasteiger partial charge in [0.25, 0.3) is 0 Å². The Morgan fingerprint density at radius 1 is 1.05 bits per heavy atom. The van der Waals surface area contributed by atoms with Crippen molar-refractivity contribution in [1.29, 1.82) is 0 Å². The average Bonchev–Trinajstić information content (AvgIpc) is 2.38. The number of nitrogens with one attached hydrogen (secondary N) is 1. The summed E-state index contributed by atoms with van der Waals surface area (Å²) >= 11 is 11.7. The molecule has 0 aromatic heterocycles. The molecule has 1 N–H and O–H groups in total. The van der Waals surface area contributed by atoms with E-state index < -0.39 is 11.9 Å². The highest BCUT2D eigenvalue weighted by atomic mass is 35.5. The number of hydrogen-bond donors (Lipinski definition) is 1. The molecule has 0 unspecified atom stereocenters. The molecule has 5 nitrogen and oxygen atoms in total. The molecule has 0 aliphatic carbocycles. The third-order valence-corrected chi connectivity index (χ3v) is 2.67. The van der Waals surface area contributed by atoms with Gasteiger partial charge in [0.1, 0.15) is 0 Å². The molecule has 0 aliphatic heterocycles. The van der Waals surface area contributed by atoms with E-state index in [9.17, 15) is 9.59 Å². The smallest absolute Gasteiger partial charge is 0.347 e. The Labute approximate surface area is 132 Å². The van der Waals surface area contributed by atoms with E-state index >= 15 is 0 Å². The summed E-state index contributed by atoms with van der Waals surface area (Å²) in [6.07, 6.45) is 1.21. The number of benzene rings is 1. The van der Waals surface area contributed by atoms with Crippen LogP contribution in [0.15, 0.2) is 30.0 Å². The molecule has 0 saturated heterocycles. The number of halogens is 2. The molecule has 0 spiro atoms. The second-order valence-corrected chi connectivity index (χ2v) is 4.67. The van der Waals surface area contributed by atoms with Gasteiger partial charge in [0, 0.05) is 21.9 Å². The summed E-state index contributed by atoms with van der Waals surface area (Å²) < 4.78 is 9.61. The molecule has 1 aromatic carbocycles. The van der Waals surface area contributed by atoms with E-state index in [1.165, 1.54) is 6.20 Å². The number of ether oxygens (including phenoxy) is 2. The number of anilines is 1. The minimum Gasteiger partial charge on any atom is -0.462 e. The Morgan fingerprint density at radius 2 is 1.52 bits per heavy atom. The lowest BCUT2D eigenvalue weighted by molar-refractivity contribution is -0.146. The third-order valence-electron chi connectivity index (χ3n) is 2.24. The molecule has 1 aromatic rings. The first-order chi connectivity index (χ1) is 9.97. The van der Waals surface area contributed by atoms with E-state index in [-0.39, 0.29) is 18.8 Å². The van der Waals surface area contributed by atoms with Gasteiger partial charge in [-0.15, -0.1) is 0 Å². The lowest BCUT2D eigenvalue weighted by Crippen LogP contribution is -2.19. The highest BCUT2D eigenvalue weighted by Gasteiger charge is 2.20. The molecule has 0 atom stereocenters. The Morgan fingerprint density at radius 3 is 1.95 bits per heavy atom. The van der Waals surface area contributed by atoms with Crippen LogP contribution in [-0.2, 0) is 19.1 Å². The first-order valence-corrected chi connectivity index (χ1v) is 7.00. The van der Waals surface area contributed by atoms with Gasteiger partial charge in [-0.2, -0.15) is 0 Å². The van der Waals surface area contributed by atoms with Crippen LogP contribution in [0.4, 0.5) is 5.69 Å². The van der Waals surface area contributed by atoms with Crippen molar-refractivity contribution in [2.75, 3.05) is 18.5 Å². The van der Waals surface area contributed by atoms with Crippen molar-refractivity contribution in [3.8, 4) is 0 Å². The van der Waals surface area contributed by atoms with E-state index in [4.69, 9.17) is 32.7 Å². The molecule has 0 saturated carbocycles. The normalized spacial score (nSPS) is 9.71. The van der Waals surface area contributed by atoms with Gasteiger partial charge < -0.3 is 14.8 Å². The Balaban J connectivity index is 2.96. The van der Waals surface area contributed by atoms with Crippen molar-refractivity contribution < 1.29 is 19.1 Å². The predicted octanol–water partition coefficient (Wildman–Crippen LogP) is 3.42.